The molecule has 46 heavy (non-hydrogen) atoms. The molecule has 0 bridgehead atoms. The SMILES string of the molecule is O=C(NCCCCc1cc(Cl)c(COC2(c3cnccc3-c3ccccc3OC3CC3)CC2)cc1Cl)C(O)C(O)C(O)C(O)CO. The van der Waals surface area contributed by atoms with Gasteiger partial charge in [-0.05, 0) is 85.9 Å². The van der Waals surface area contributed by atoms with Crippen molar-refractivity contribution in [3.63, 3.8) is 0 Å². The maximum Gasteiger partial charge on any atom is 0.251 e. The van der Waals surface area contributed by atoms with Crippen molar-refractivity contribution in [1.29, 1.82) is 0 Å². The minimum atomic E-state index is -1.96. The van der Waals surface area contributed by atoms with E-state index in [1.165, 1.54) is 0 Å². The summed E-state index contributed by atoms with van der Waals surface area (Å²) in [6.07, 6.45) is 2.14. The Kier molecular flexibility index (Phi) is 11.6. The molecule has 248 valence electrons. The van der Waals surface area contributed by atoms with E-state index in [0.29, 0.717) is 29.3 Å². The Morgan fingerprint density at radius 3 is 2.41 bits per heavy atom. The van der Waals surface area contributed by atoms with Crippen LogP contribution >= 0.6 is 23.2 Å². The van der Waals surface area contributed by atoms with Crippen molar-refractivity contribution in [2.24, 2.45) is 0 Å². The van der Waals surface area contributed by atoms with E-state index in [1.54, 1.807) is 6.20 Å². The first-order valence-electron chi connectivity index (χ1n) is 15.6. The van der Waals surface area contributed by atoms with Gasteiger partial charge in [-0.25, -0.2) is 0 Å². The molecule has 1 aromatic heterocycles. The summed E-state index contributed by atoms with van der Waals surface area (Å²) in [6.45, 7) is -0.349. The molecule has 0 aliphatic heterocycles. The van der Waals surface area contributed by atoms with Crippen molar-refractivity contribution < 1.29 is 39.8 Å². The van der Waals surface area contributed by atoms with Gasteiger partial charge >= 0.3 is 0 Å². The number of aliphatic hydroxyl groups is 5. The number of rotatable bonds is 17. The van der Waals surface area contributed by atoms with Crippen LogP contribution in [0.3, 0.4) is 0 Å². The summed E-state index contributed by atoms with van der Waals surface area (Å²) in [5, 5.41) is 51.3. The lowest BCUT2D eigenvalue weighted by atomic mass is 9.96. The quantitative estimate of drug-likeness (QED) is 0.117. The fourth-order valence-corrected chi connectivity index (χ4v) is 5.86. The van der Waals surface area contributed by atoms with Crippen molar-refractivity contribution in [1.82, 2.24) is 10.3 Å². The van der Waals surface area contributed by atoms with Crippen LogP contribution in [0.15, 0.2) is 54.9 Å². The lowest BCUT2D eigenvalue weighted by Crippen LogP contribution is -2.51. The molecule has 2 aromatic carbocycles. The largest absolute Gasteiger partial charge is 0.490 e. The second kappa shape index (κ2) is 15.4. The number of amides is 1. The maximum atomic E-state index is 12.1. The molecule has 12 heteroatoms. The highest BCUT2D eigenvalue weighted by Gasteiger charge is 2.48. The summed E-state index contributed by atoms with van der Waals surface area (Å²) >= 11 is 13.3. The number of unbranched alkanes of at least 4 members (excludes halogenated alkanes) is 1. The number of nitrogens with zero attached hydrogens (tertiary/aromatic N) is 1. The maximum absolute atomic E-state index is 12.1. The van der Waals surface area contributed by atoms with Gasteiger partial charge in [-0.15, -0.1) is 0 Å². The van der Waals surface area contributed by atoms with Gasteiger partial charge in [-0.1, -0.05) is 41.4 Å². The molecule has 0 saturated heterocycles. The third-order valence-electron chi connectivity index (χ3n) is 8.43. The van der Waals surface area contributed by atoms with E-state index in [1.807, 2.05) is 42.6 Å². The predicted molar refractivity (Wildman–Crippen MR) is 173 cm³/mol. The average Bonchev–Trinajstić information content (AvgIpc) is 4.01. The molecule has 4 atom stereocenters. The number of benzene rings is 2. The molecule has 1 heterocycles. The van der Waals surface area contributed by atoms with Gasteiger partial charge in [0.15, 0.2) is 6.10 Å². The second-order valence-electron chi connectivity index (χ2n) is 12.0. The predicted octanol–water partition coefficient (Wildman–Crippen LogP) is 3.68. The lowest BCUT2D eigenvalue weighted by molar-refractivity contribution is -0.148. The standard InChI is InChI=1S/C34H40Cl2N2O8/c35-26-16-21(27(36)15-20(26)5-3-4-13-38-33(44)32(43)31(42)30(41)28(40)18-39)19-45-34(11-12-34)25-17-37-14-10-23(25)24-6-1-2-7-29(24)46-22-8-9-22/h1-2,6-7,10,14-17,22,28,30-32,39-43H,3-5,8-9,11-13,18-19H2,(H,38,44). The normalized spacial score (nSPS) is 18.0. The van der Waals surface area contributed by atoms with Gasteiger partial charge in [0.1, 0.15) is 24.1 Å². The Balaban J connectivity index is 1.14. The molecule has 6 N–H and O–H groups in total. The monoisotopic (exact) mass is 674 g/mol. The van der Waals surface area contributed by atoms with E-state index in [9.17, 15) is 25.2 Å². The van der Waals surface area contributed by atoms with Gasteiger partial charge < -0.3 is 40.3 Å². The molecule has 0 spiro atoms. The van der Waals surface area contributed by atoms with Crippen LogP contribution in [0.25, 0.3) is 11.1 Å². The number of halogens is 2. The summed E-state index contributed by atoms with van der Waals surface area (Å²) in [6, 6.07) is 13.7. The first kappa shape index (κ1) is 34.5. The number of ether oxygens (including phenoxy) is 2. The molecule has 3 aromatic rings. The molecule has 1 amide bonds. The zero-order chi connectivity index (χ0) is 32.8. The molecule has 2 aliphatic carbocycles. The van der Waals surface area contributed by atoms with Crippen molar-refractivity contribution in [3.05, 3.63) is 81.6 Å². The fraction of sp³-hybridized carbons (Fsp3) is 0.471. The number of aryl methyl sites for hydroxylation is 1. The molecule has 4 unspecified atom stereocenters. The molecular weight excluding hydrogens is 635 g/mol. The first-order valence-corrected chi connectivity index (χ1v) is 16.3. The topological polar surface area (TPSA) is 162 Å². The summed E-state index contributed by atoms with van der Waals surface area (Å²) in [7, 11) is 0. The highest BCUT2D eigenvalue weighted by atomic mass is 35.5. The minimum absolute atomic E-state index is 0.203. The number of aromatic nitrogens is 1. The van der Waals surface area contributed by atoms with Crippen molar-refractivity contribution in [3.8, 4) is 16.9 Å². The molecule has 0 radical (unpaired) electrons. The smallest absolute Gasteiger partial charge is 0.251 e. The molecule has 2 aliphatic rings. The number of pyridine rings is 1. The van der Waals surface area contributed by atoms with Crippen molar-refractivity contribution in [2.45, 2.75) is 87.7 Å². The summed E-state index contributed by atoms with van der Waals surface area (Å²) < 4.78 is 12.7. The Hall–Kier alpha value is -2.80. The van der Waals surface area contributed by atoms with Gasteiger partial charge in [-0.3, -0.25) is 9.78 Å². The van der Waals surface area contributed by atoms with Crippen LogP contribution < -0.4 is 10.1 Å². The van der Waals surface area contributed by atoms with Crippen LogP contribution in [0.1, 0.15) is 55.2 Å². The van der Waals surface area contributed by atoms with Crippen molar-refractivity contribution >= 4 is 29.1 Å². The first-order chi connectivity index (χ1) is 22.1. The van der Waals surface area contributed by atoms with Crippen LogP contribution in [0.5, 0.6) is 5.75 Å². The van der Waals surface area contributed by atoms with E-state index in [4.69, 9.17) is 37.8 Å². The van der Waals surface area contributed by atoms with Crippen LogP contribution in [0.2, 0.25) is 10.0 Å². The second-order valence-corrected chi connectivity index (χ2v) is 12.8. The average molecular weight is 676 g/mol. The molecule has 10 nitrogen and oxygen atoms in total. The van der Waals surface area contributed by atoms with Gasteiger partial charge in [-0.2, -0.15) is 0 Å². The third kappa shape index (κ3) is 8.37. The van der Waals surface area contributed by atoms with Gasteiger partial charge in [0.05, 0.1) is 24.9 Å². The van der Waals surface area contributed by atoms with E-state index in [2.05, 4.69) is 16.4 Å². The number of aliphatic hydroxyl groups excluding tert-OH is 5. The van der Waals surface area contributed by atoms with E-state index < -0.39 is 42.5 Å². The van der Waals surface area contributed by atoms with Crippen molar-refractivity contribution in [2.75, 3.05) is 13.2 Å². The van der Waals surface area contributed by atoms with E-state index >= 15 is 0 Å². The van der Waals surface area contributed by atoms with Gasteiger partial charge in [0.2, 0.25) is 0 Å². The Labute approximate surface area is 277 Å². The van der Waals surface area contributed by atoms with E-state index in [-0.39, 0.29) is 19.3 Å². The highest BCUT2D eigenvalue weighted by Crippen LogP contribution is 2.53. The zero-order valence-electron chi connectivity index (χ0n) is 25.3. The van der Waals surface area contributed by atoms with Crippen LogP contribution in [-0.4, -0.2) is 80.1 Å². The molecule has 2 saturated carbocycles. The third-order valence-corrected chi connectivity index (χ3v) is 9.13. The number of hydrogen-bond acceptors (Lipinski definition) is 9. The highest BCUT2D eigenvalue weighted by molar-refractivity contribution is 6.34. The van der Waals surface area contributed by atoms with Gasteiger partial charge in [0, 0.05) is 40.1 Å². The van der Waals surface area contributed by atoms with Crippen LogP contribution in [-0.2, 0) is 28.2 Å². The Bertz CT molecular complexity index is 1500. The lowest BCUT2D eigenvalue weighted by Gasteiger charge is -2.24. The molecule has 5 rings (SSSR count). The Morgan fingerprint density at radius 2 is 1.70 bits per heavy atom. The number of carbonyl (C=O) groups is 1. The van der Waals surface area contributed by atoms with Crippen LogP contribution in [0, 0.1) is 0 Å². The van der Waals surface area contributed by atoms with Crippen LogP contribution in [0.4, 0.5) is 0 Å². The number of nitrogens with one attached hydrogen (secondary N) is 1. The summed E-state index contributed by atoms with van der Waals surface area (Å²) in [4.78, 5) is 16.5. The molecular formula is C34H40Cl2N2O8. The van der Waals surface area contributed by atoms with E-state index in [0.717, 1.165) is 59.3 Å². The number of carbonyl (C=O) groups excluding carboxylic acids is 1. The summed E-state index contributed by atoms with van der Waals surface area (Å²) in [5.74, 6) is -0.0305. The van der Waals surface area contributed by atoms with Gasteiger partial charge in [0.25, 0.3) is 5.91 Å². The Morgan fingerprint density at radius 1 is 0.978 bits per heavy atom. The summed E-state index contributed by atoms with van der Waals surface area (Å²) in [5.41, 5.74) is 4.24. The number of para-hydroxylation sites is 1. The fourth-order valence-electron chi connectivity index (χ4n) is 5.34. The molecule has 2 fully saturated rings. The minimum Gasteiger partial charge on any atom is -0.490 e. The number of hydrogen-bond donors (Lipinski definition) is 6. The zero-order valence-corrected chi connectivity index (χ0v) is 26.8.